The molecule has 174 valence electrons. The number of fused-ring (bicyclic) bond motifs is 1. The number of hydrogen-bond donors (Lipinski definition) is 1. The van der Waals surface area contributed by atoms with Crippen molar-refractivity contribution < 1.29 is 18.0 Å². The van der Waals surface area contributed by atoms with Gasteiger partial charge in [-0.25, -0.2) is 9.97 Å². The molecule has 2 aromatic rings. The molecule has 9 heteroatoms. The second-order valence-electron chi connectivity index (χ2n) is 9.19. The molecule has 1 aromatic heterocycles. The van der Waals surface area contributed by atoms with Gasteiger partial charge < -0.3 is 15.1 Å². The number of carbonyl (C=O) groups is 1. The molecule has 1 aliphatic heterocycles. The normalized spacial score (nSPS) is 24.7. The molecule has 1 amide bonds. The van der Waals surface area contributed by atoms with E-state index in [9.17, 15) is 18.0 Å². The van der Waals surface area contributed by atoms with Gasteiger partial charge in [-0.2, -0.15) is 13.2 Å². The number of hydrogen-bond acceptors (Lipinski definition) is 5. The van der Waals surface area contributed by atoms with E-state index < -0.39 is 17.8 Å². The molecular weight excluding hydrogens is 419 g/mol. The highest BCUT2D eigenvalue weighted by Gasteiger charge is 2.38. The summed E-state index contributed by atoms with van der Waals surface area (Å²) in [4.78, 5) is 25.7. The largest absolute Gasteiger partial charge is 0.416 e. The molecule has 4 rings (SSSR count). The Morgan fingerprint density at radius 2 is 1.84 bits per heavy atom. The van der Waals surface area contributed by atoms with Gasteiger partial charge in [-0.05, 0) is 71.2 Å². The number of halogens is 3. The predicted octanol–water partition coefficient (Wildman–Crippen LogP) is 4.31. The minimum atomic E-state index is -4.45. The standard InChI is InChI=1S/C23H30F3N5O/c1-14(2)30(3)16-5-7-17(8-6-16)31-11-10-20(22(31)32)29-21-18-12-15(23(24,25)26)4-9-19(18)27-13-28-21/h4,9,12-14,16-17,20H,5-8,10-11H2,1-3H3,(H,27,28,29)/t16-,17+,20?. The molecule has 0 spiro atoms. The number of nitrogens with one attached hydrogen (secondary N) is 1. The van der Waals surface area contributed by atoms with Gasteiger partial charge in [0.25, 0.3) is 0 Å². The van der Waals surface area contributed by atoms with Crippen LogP contribution >= 0.6 is 0 Å². The quantitative estimate of drug-likeness (QED) is 0.737. The fourth-order valence-electron chi connectivity index (χ4n) is 4.91. The Morgan fingerprint density at radius 1 is 1.12 bits per heavy atom. The number of aromatic nitrogens is 2. The maximum Gasteiger partial charge on any atom is 0.416 e. The summed E-state index contributed by atoms with van der Waals surface area (Å²) < 4.78 is 39.5. The Balaban J connectivity index is 1.45. The average molecular weight is 450 g/mol. The molecule has 0 bridgehead atoms. The first-order chi connectivity index (χ1) is 15.1. The molecule has 2 fully saturated rings. The summed E-state index contributed by atoms with van der Waals surface area (Å²) in [5.41, 5.74) is -0.351. The molecule has 1 saturated heterocycles. The third-order valence-corrected chi connectivity index (χ3v) is 7.01. The minimum absolute atomic E-state index is 0.00408. The third kappa shape index (κ3) is 4.53. The summed E-state index contributed by atoms with van der Waals surface area (Å²) in [5.74, 6) is 0.271. The highest BCUT2D eigenvalue weighted by Crippen LogP contribution is 2.34. The van der Waals surface area contributed by atoms with Crippen LogP contribution in [-0.2, 0) is 11.0 Å². The van der Waals surface area contributed by atoms with E-state index in [1.165, 1.54) is 12.4 Å². The van der Waals surface area contributed by atoms with Crippen molar-refractivity contribution in [3.05, 3.63) is 30.1 Å². The smallest absolute Gasteiger partial charge is 0.358 e. The van der Waals surface area contributed by atoms with Crippen molar-refractivity contribution in [1.82, 2.24) is 19.8 Å². The summed E-state index contributed by atoms with van der Waals surface area (Å²) >= 11 is 0. The van der Waals surface area contributed by atoms with E-state index in [0.717, 1.165) is 37.8 Å². The van der Waals surface area contributed by atoms with Crippen LogP contribution in [0.25, 0.3) is 10.9 Å². The van der Waals surface area contributed by atoms with Crippen LogP contribution < -0.4 is 5.32 Å². The predicted molar refractivity (Wildman–Crippen MR) is 117 cm³/mol. The number of nitrogens with zero attached hydrogens (tertiary/aromatic N) is 4. The number of alkyl halides is 3. The first-order valence-electron chi connectivity index (χ1n) is 11.3. The Bertz CT molecular complexity index is 972. The van der Waals surface area contributed by atoms with Gasteiger partial charge in [0.05, 0.1) is 11.1 Å². The van der Waals surface area contributed by atoms with Gasteiger partial charge in [-0.3, -0.25) is 4.79 Å². The Hall–Kier alpha value is -2.42. The van der Waals surface area contributed by atoms with E-state index in [2.05, 4.69) is 41.1 Å². The van der Waals surface area contributed by atoms with Crippen LogP contribution in [0.5, 0.6) is 0 Å². The first kappa shape index (κ1) is 22.8. The van der Waals surface area contributed by atoms with E-state index in [-0.39, 0.29) is 23.2 Å². The van der Waals surface area contributed by atoms with E-state index in [1.807, 2.05) is 4.90 Å². The van der Waals surface area contributed by atoms with Crippen LogP contribution in [0.3, 0.4) is 0 Å². The van der Waals surface area contributed by atoms with Crippen LogP contribution in [0.2, 0.25) is 0 Å². The summed E-state index contributed by atoms with van der Waals surface area (Å²) in [6.07, 6.45) is 1.55. The maximum absolute atomic E-state index is 13.2. The van der Waals surface area contributed by atoms with Gasteiger partial charge in [-0.15, -0.1) is 0 Å². The number of carbonyl (C=O) groups excluding carboxylic acids is 1. The third-order valence-electron chi connectivity index (χ3n) is 7.01. The second kappa shape index (κ2) is 8.84. The van der Waals surface area contributed by atoms with Crippen molar-refractivity contribution >= 4 is 22.6 Å². The van der Waals surface area contributed by atoms with Crippen LogP contribution in [-0.4, -0.2) is 63.4 Å². The van der Waals surface area contributed by atoms with Crippen molar-refractivity contribution in [2.75, 3.05) is 18.9 Å². The van der Waals surface area contributed by atoms with Crippen molar-refractivity contribution in [2.45, 2.75) is 76.3 Å². The molecule has 0 radical (unpaired) electrons. The number of anilines is 1. The van der Waals surface area contributed by atoms with E-state index in [4.69, 9.17) is 0 Å². The minimum Gasteiger partial charge on any atom is -0.358 e. The molecule has 1 unspecified atom stereocenters. The second-order valence-corrected chi connectivity index (χ2v) is 9.19. The average Bonchev–Trinajstić information content (AvgIpc) is 3.12. The zero-order chi connectivity index (χ0) is 23.0. The monoisotopic (exact) mass is 449 g/mol. The van der Waals surface area contributed by atoms with E-state index in [0.29, 0.717) is 30.6 Å². The SMILES string of the molecule is CC(C)N(C)[C@H]1CC[C@@H](N2CCC(Nc3ncnc4ccc(C(F)(F)F)cc34)C2=O)CC1. The molecule has 1 atom stereocenters. The zero-order valence-electron chi connectivity index (χ0n) is 18.7. The maximum atomic E-state index is 13.2. The molecule has 1 saturated carbocycles. The molecule has 2 aliphatic rings. The fourth-order valence-corrected chi connectivity index (χ4v) is 4.91. The summed E-state index contributed by atoms with van der Waals surface area (Å²) in [6, 6.07) is 4.17. The van der Waals surface area contributed by atoms with Crippen molar-refractivity contribution in [3.8, 4) is 0 Å². The first-order valence-corrected chi connectivity index (χ1v) is 11.3. The zero-order valence-corrected chi connectivity index (χ0v) is 18.7. The molecular formula is C23H30F3N5O. The van der Waals surface area contributed by atoms with Crippen LogP contribution in [0.15, 0.2) is 24.5 Å². The molecule has 6 nitrogen and oxygen atoms in total. The lowest BCUT2D eigenvalue weighted by molar-refractivity contribution is -0.137. The van der Waals surface area contributed by atoms with Gasteiger partial charge in [0.1, 0.15) is 18.2 Å². The van der Waals surface area contributed by atoms with Gasteiger partial charge in [-0.1, -0.05) is 0 Å². The topological polar surface area (TPSA) is 61.4 Å². The molecule has 2 heterocycles. The highest BCUT2D eigenvalue weighted by molar-refractivity contribution is 5.93. The van der Waals surface area contributed by atoms with Crippen molar-refractivity contribution in [1.29, 1.82) is 0 Å². The summed E-state index contributed by atoms with van der Waals surface area (Å²) in [7, 11) is 2.16. The Kier molecular flexibility index (Phi) is 6.29. The highest BCUT2D eigenvalue weighted by atomic mass is 19.4. The van der Waals surface area contributed by atoms with Gasteiger partial charge >= 0.3 is 6.18 Å². The molecule has 32 heavy (non-hydrogen) atoms. The lowest BCUT2D eigenvalue weighted by Gasteiger charge is -2.39. The number of benzene rings is 1. The lowest BCUT2D eigenvalue weighted by Crippen LogP contribution is -2.46. The Labute approximate surface area is 186 Å². The van der Waals surface area contributed by atoms with E-state index in [1.54, 1.807) is 0 Å². The molecule has 1 N–H and O–H groups in total. The van der Waals surface area contributed by atoms with Crippen LogP contribution in [0, 0.1) is 0 Å². The fraction of sp³-hybridized carbons (Fsp3) is 0.609. The number of rotatable bonds is 5. The molecule has 1 aromatic carbocycles. The lowest BCUT2D eigenvalue weighted by atomic mass is 9.89. The van der Waals surface area contributed by atoms with Crippen LogP contribution in [0.4, 0.5) is 19.0 Å². The van der Waals surface area contributed by atoms with Gasteiger partial charge in [0, 0.05) is 30.1 Å². The summed E-state index contributed by atoms with van der Waals surface area (Å²) in [5, 5.41) is 3.37. The Morgan fingerprint density at radius 3 is 2.50 bits per heavy atom. The van der Waals surface area contributed by atoms with E-state index >= 15 is 0 Å². The molecule has 1 aliphatic carbocycles. The summed E-state index contributed by atoms with van der Waals surface area (Å²) in [6.45, 7) is 5.05. The number of likely N-dealkylation sites (tertiary alicyclic amines) is 1. The van der Waals surface area contributed by atoms with Crippen LogP contribution in [0.1, 0.15) is 51.5 Å². The number of amides is 1. The van der Waals surface area contributed by atoms with Crippen molar-refractivity contribution in [3.63, 3.8) is 0 Å². The van der Waals surface area contributed by atoms with Gasteiger partial charge in [0.2, 0.25) is 5.91 Å². The van der Waals surface area contributed by atoms with Gasteiger partial charge in [0.15, 0.2) is 0 Å². The van der Waals surface area contributed by atoms with Crippen molar-refractivity contribution in [2.24, 2.45) is 0 Å².